The van der Waals surface area contributed by atoms with E-state index < -0.39 is 6.10 Å². The molecule has 0 saturated carbocycles. The van der Waals surface area contributed by atoms with Gasteiger partial charge in [-0.3, -0.25) is 4.98 Å². The highest BCUT2D eigenvalue weighted by Gasteiger charge is 2.09. The summed E-state index contributed by atoms with van der Waals surface area (Å²) in [6.07, 6.45) is 1.93. The third-order valence-corrected chi connectivity index (χ3v) is 4.15. The molecule has 0 radical (unpaired) electrons. The molecule has 1 atom stereocenters. The second kappa shape index (κ2) is 6.33. The van der Waals surface area contributed by atoms with Gasteiger partial charge in [-0.05, 0) is 56.7 Å². The summed E-state index contributed by atoms with van der Waals surface area (Å²) >= 11 is 1.49. The van der Waals surface area contributed by atoms with E-state index in [2.05, 4.69) is 15.0 Å². The largest absolute Gasteiger partial charge is 0.387 e. The zero-order chi connectivity index (χ0) is 14.7. The first kappa shape index (κ1) is 14.9. The normalized spacial score (nSPS) is 12.4. The molecule has 0 aliphatic heterocycles. The maximum Gasteiger partial charge on any atom is 0.192 e. The zero-order valence-corrected chi connectivity index (χ0v) is 13.0. The number of rotatable bonds is 4. The first-order chi connectivity index (χ1) is 9.51. The highest BCUT2D eigenvalue weighted by molar-refractivity contribution is 7.99. The summed E-state index contributed by atoms with van der Waals surface area (Å²) in [7, 11) is 0. The monoisotopic (exact) mass is 289 g/mol. The van der Waals surface area contributed by atoms with Gasteiger partial charge in [0, 0.05) is 22.5 Å². The number of aromatic nitrogens is 3. The van der Waals surface area contributed by atoms with E-state index in [4.69, 9.17) is 0 Å². The first-order valence-corrected chi connectivity index (χ1v) is 7.46. The molecule has 0 aliphatic rings. The van der Waals surface area contributed by atoms with Crippen molar-refractivity contribution >= 4 is 11.8 Å². The van der Waals surface area contributed by atoms with E-state index in [-0.39, 0.29) is 0 Å². The number of aliphatic hydroxyl groups excluding tert-OH is 1. The molecule has 2 aromatic heterocycles. The van der Waals surface area contributed by atoms with Crippen LogP contribution < -0.4 is 0 Å². The van der Waals surface area contributed by atoms with Gasteiger partial charge in [0.15, 0.2) is 5.16 Å². The van der Waals surface area contributed by atoms with Crippen LogP contribution in [0.25, 0.3) is 0 Å². The molecular formula is C15H19N3OS. The lowest BCUT2D eigenvalue weighted by Crippen LogP contribution is -1.99. The van der Waals surface area contributed by atoms with E-state index in [1.165, 1.54) is 11.8 Å². The van der Waals surface area contributed by atoms with Crippen LogP contribution in [0.15, 0.2) is 28.4 Å². The van der Waals surface area contributed by atoms with E-state index in [9.17, 15) is 5.11 Å². The van der Waals surface area contributed by atoms with Crippen LogP contribution >= 0.6 is 11.8 Å². The number of aliphatic hydroxyl groups is 1. The van der Waals surface area contributed by atoms with Crippen molar-refractivity contribution in [2.75, 3.05) is 0 Å². The van der Waals surface area contributed by atoms with Crippen LogP contribution in [0.4, 0.5) is 0 Å². The maximum absolute atomic E-state index is 9.72. The van der Waals surface area contributed by atoms with Crippen molar-refractivity contribution < 1.29 is 5.11 Å². The van der Waals surface area contributed by atoms with Crippen molar-refractivity contribution in [2.45, 2.75) is 50.3 Å². The summed E-state index contributed by atoms with van der Waals surface area (Å²) < 4.78 is 0. The lowest BCUT2D eigenvalue weighted by molar-refractivity contribution is 0.169. The zero-order valence-electron chi connectivity index (χ0n) is 12.2. The van der Waals surface area contributed by atoms with E-state index in [1.807, 2.05) is 39.8 Å². The molecule has 20 heavy (non-hydrogen) atoms. The second-order valence-electron chi connectivity index (χ2n) is 4.75. The van der Waals surface area contributed by atoms with Crippen molar-refractivity contribution in [3.05, 3.63) is 41.0 Å². The number of nitrogens with zero attached hydrogens (tertiary/aromatic N) is 3. The SMILES string of the molecule is CCC(O)c1ccc(Sc2nc(C)c(C)c(C)n2)cn1. The first-order valence-electron chi connectivity index (χ1n) is 6.65. The molecule has 0 saturated heterocycles. The van der Waals surface area contributed by atoms with E-state index in [0.717, 1.165) is 27.0 Å². The number of pyridine rings is 1. The van der Waals surface area contributed by atoms with Gasteiger partial charge in [-0.2, -0.15) is 0 Å². The molecule has 4 nitrogen and oxygen atoms in total. The van der Waals surface area contributed by atoms with E-state index in [1.54, 1.807) is 6.20 Å². The van der Waals surface area contributed by atoms with Crippen molar-refractivity contribution in [1.82, 2.24) is 15.0 Å². The molecule has 106 valence electrons. The molecule has 0 aliphatic carbocycles. The summed E-state index contributed by atoms with van der Waals surface area (Å²) in [5.41, 5.74) is 3.85. The predicted octanol–water partition coefficient (Wildman–Crippen LogP) is 3.39. The minimum Gasteiger partial charge on any atom is -0.387 e. The summed E-state index contributed by atoms with van der Waals surface area (Å²) in [6, 6.07) is 3.80. The molecule has 1 unspecified atom stereocenters. The Morgan fingerprint density at radius 1 is 1.15 bits per heavy atom. The van der Waals surface area contributed by atoms with Gasteiger partial charge in [-0.25, -0.2) is 9.97 Å². The Morgan fingerprint density at radius 3 is 2.30 bits per heavy atom. The third-order valence-electron chi connectivity index (χ3n) is 3.31. The van der Waals surface area contributed by atoms with Crippen LogP contribution in [-0.2, 0) is 0 Å². The summed E-state index contributed by atoms with van der Waals surface area (Å²) in [5.74, 6) is 0. The van der Waals surface area contributed by atoms with Crippen LogP contribution in [0.2, 0.25) is 0 Å². The van der Waals surface area contributed by atoms with E-state index >= 15 is 0 Å². The van der Waals surface area contributed by atoms with Crippen molar-refractivity contribution in [3.63, 3.8) is 0 Å². The number of hydrogen-bond donors (Lipinski definition) is 1. The van der Waals surface area contributed by atoms with Crippen molar-refractivity contribution in [2.24, 2.45) is 0 Å². The van der Waals surface area contributed by atoms with Crippen LogP contribution in [-0.4, -0.2) is 20.1 Å². The molecule has 0 amide bonds. The minimum absolute atomic E-state index is 0.492. The summed E-state index contributed by atoms with van der Waals surface area (Å²) in [4.78, 5) is 14.2. The number of hydrogen-bond acceptors (Lipinski definition) is 5. The number of aryl methyl sites for hydroxylation is 2. The lowest BCUT2D eigenvalue weighted by Gasteiger charge is -2.08. The van der Waals surface area contributed by atoms with Gasteiger partial charge in [0.25, 0.3) is 0 Å². The van der Waals surface area contributed by atoms with Crippen LogP contribution in [0, 0.1) is 20.8 Å². The predicted molar refractivity (Wildman–Crippen MR) is 79.9 cm³/mol. The van der Waals surface area contributed by atoms with Gasteiger partial charge >= 0.3 is 0 Å². The fraction of sp³-hybridized carbons (Fsp3) is 0.400. The highest BCUT2D eigenvalue weighted by Crippen LogP contribution is 2.26. The smallest absolute Gasteiger partial charge is 0.192 e. The molecule has 0 aromatic carbocycles. The van der Waals surface area contributed by atoms with Crippen LogP contribution in [0.1, 0.15) is 42.1 Å². The van der Waals surface area contributed by atoms with Crippen LogP contribution in [0.3, 0.4) is 0 Å². The Morgan fingerprint density at radius 2 is 1.80 bits per heavy atom. The highest BCUT2D eigenvalue weighted by atomic mass is 32.2. The quantitative estimate of drug-likeness (QED) is 0.874. The van der Waals surface area contributed by atoms with Gasteiger partial charge in [0.2, 0.25) is 0 Å². The molecule has 0 bridgehead atoms. The molecule has 5 heteroatoms. The standard InChI is InChI=1S/C15H19N3OS/c1-5-14(19)13-7-6-12(8-16-13)20-15-17-10(3)9(2)11(4)18-15/h6-8,14,19H,5H2,1-4H3. The molecule has 2 rings (SSSR count). The lowest BCUT2D eigenvalue weighted by atomic mass is 10.2. The Balaban J connectivity index is 2.18. The molecule has 2 heterocycles. The summed E-state index contributed by atoms with van der Waals surface area (Å²) in [5, 5.41) is 10.5. The van der Waals surface area contributed by atoms with Gasteiger partial charge < -0.3 is 5.11 Å². The molecule has 0 spiro atoms. The minimum atomic E-state index is -0.492. The molecule has 2 aromatic rings. The second-order valence-corrected chi connectivity index (χ2v) is 5.79. The molecule has 0 fully saturated rings. The average molecular weight is 289 g/mol. The Labute approximate surface area is 123 Å². The Hall–Kier alpha value is -1.46. The molecule has 1 N–H and O–H groups in total. The van der Waals surface area contributed by atoms with Crippen LogP contribution in [0.5, 0.6) is 0 Å². The Bertz CT molecular complexity index is 576. The summed E-state index contributed by atoms with van der Waals surface area (Å²) in [6.45, 7) is 7.95. The van der Waals surface area contributed by atoms with Gasteiger partial charge in [-0.1, -0.05) is 6.92 Å². The fourth-order valence-corrected chi connectivity index (χ4v) is 2.57. The van der Waals surface area contributed by atoms with Crippen molar-refractivity contribution in [3.8, 4) is 0 Å². The average Bonchev–Trinajstić information content (AvgIpc) is 2.44. The van der Waals surface area contributed by atoms with Gasteiger partial charge in [0.05, 0.1) is 11.8 Å². The van der Waals surface area contributed by atoms with Gasteiger partial charge in [-0.15, -0.1) is 0 Å². The van der Waals surface area contributed by atoms with Crippen molar-refractivity contribution in [1.29, 1.82) is 0 Å². The Kier molecular flexibility index (Phi) is 4.73. The molecular weight excluding hydrogens is 270 g/mol. The van der Waals surface area contributed by atoms with Gasteiger partial charge in [0.1, 0.15) is 0 Å². The fourth-order valence-electron chi connectivity index (χ4n) is 1.75. The topological polar surface area (TPSA) is 58.9 Å². The van der Waals surface area contributed by atoms with E-state index in [0.29, 0.717) is 12.1 Å². The third kappa shape index (κ3) is 3.35. The maximum atomic E-state index is 9.72.